The van der Waals surface area contributed by atoms with Crippen LogP contribution in [0.25, 0.3) is 0 Å². The molecule has 0 aromatic carbocycles. The molecule has 0 fully saturated rings. The van der Waals surface area contributed by atoms with Gasteiger partial charge < -0.3 is 4.74 Å². The van der Waals surface area contributed by atoms with Gasteiger partial charge in [-0.2, -0.15) is 4.39 Å². The first-order valence-electron chi connectivity index (χ1n) is 4.10. The highest BCUT2D eigenvalue weighted by Gasteiger charge is 2.07. The Morgan fingerprint density at radius 3 is 2.93 bits per heavy atom. The van der Waals surface area contributed by atoms with Gasteiger partial charge in [-0.15, -0.1) is 0 Å². The van der Waals surface area contributed by atoms with Crippen LogP contribution in [0, 0.1) is 9.52 Å². The lowest BCUT2D eigenvalue weighted by molar-refractivity contribution is -0.142. The number of hydrogen-bond acceptors (Lipinski definition) is 3. The Balaban J connectivity index is 2.68. The number of carbonyl (C=O) groups is 1. The molecule has 0 amide bonds. The SMILES string of the molecule is CCOC(=O)Cc1ccc(I)c(F)n1. The Bertz CT molecular complexity index is 344. The molecule has 0 aliphatic heterocycles. The minimum atomic E-state index is -0.549. The summed E-state index contributed by atoms with van der Waals surface area (Å²) in [6, 6.07) is 3.19. The molecule has 0 saturated carbocycles. The molecular weight excluding hydrogens is 300 g/mol. The van der Waals surface area contributed by atoms with Crippen molar-refractivity contribution in [3.05, 3.63) is 27.3 Å². The molecule has 3 nitrogen and oxygen atoms in total. The molecule has 14 heavy (non-hydrogen) atoms. The van der Waals surface area contributed by atoms with E-state index in [1.807, 2.05) is 22.6 Å². The van der Waals surface area contributed by atoms with Crippen LogP contribution >= 0.6 is 22.6 Å². The maximum absolute atomic E-state index is 12.9. The van der Waals surface area contributed by atoms with Crippen LogP contribution in [0.15, 0.2) is 12.1 Å². The molecule has 0 aliphatic rings. The van der Waals surface area contributed by atoms with E-state index < -0.39 is 5.95 Å². The monoisotopic (exact) mass is 309 g/mol. The summed E-state index contributed by atoms with van der Waals surface area (Å²) in [5, 5.41) is 0. The quantitative estimate of drug-likeness (QED) is 0.486. The number of hydrogen-bond donors (Lipinski definition) is 0. The second-order valence-corrected chi connectivity index (χ2v) is 3.72. The van der Waals surface area contributed by atoms with E-state index in [1.54, 1.807) is 19.1 Å². The van der Waals surface area contributed by atoms with Crippen LogP contribution in [0.3, 0.4) is 0 Å². The third kappa shape index (κ3) is 3.21. The van der Waals surface area contributed by atoms with E-state index in [0.29, 0.717) is 15.9 Å². The predicted octanol–water partition coefficient (Wildman–Crippen LogP) is 1.93. The number of pyridine rings is 1. The molecule has 5 heteroatoms. The summed E-state index contributed by atoms with van der Waals surface area (Å²) < 4.78 is 18.1. The largest absolute Gasteiger partial charge is 0.466 e. The van der Waals surface area contributed by atoms with E-state index in [4.69, 9.17) is 4.74 Å². The molecule has 0 radical (unpaired) electrons. The van der Waals surface area contributed by atoms with Gasteiger partial charge in [0.2, 0.25) is 5.95 Å². The molecule has 1 rings (SSSR count). The van der Waals surface area contributed by atoms with Crippen LogP contribution in [0.1, 0.15) is 12.6 Å². The fraction of sp³-hybridized carbons (Fsp3) is 0.333. The number of rotatable bonds is 3. The van der Waals surface area contributed by atoms with Crippen molar-refractivity contribution < 1.29 is 13.9 Å². The number of ether oxygens (including phenoxy) is 1. The summed E-state index contributed by atoms with van der Waals surface area (Å²) in [5.41, 5.74) is 0.390. The van der Waals surface area contributed by atoms with Crippen LogP contribution in [-0.2, 0) is 16.0 Å². The number of halogens is 2. The van der Waals surface area contributed by atoms with E-state index in [-0.39, 0.29) is 12.4 Å². The lowest BCUT2D eigenvalue weighted by Gasteiger charge is -2.01. The number of esters is 1. The predicted molar refractivity (Wildman–Crippen MR) is 57.2 cm³/mol. The van der Waals surface area contributed by atoms with Gasteiger partial charge in [0.25, 0.3) is 0 Å². The molecule has 76 valence electrons. The Morgan fingerprint density at radius 1 is 1.64 bits per heavy atom. The Labute approximate surface area is 94.8 Å². The summed E-state index contributed by atoms with van der Waals surface area (Å²) >= 11 is 1.84. The van der Waals surface area contributed by atoms with Crippen LogP contribution in [0.5, 0.6) is 0 Å². The van der Waals surface area contributed by atoms with E-state index in [1.165, 1.54) is 0 Å². The Kier molecular flexibility index (Phi) is 4.24. The van der Waals surface area contributed by atoms with Crippen molar-refractivity contribution in [3.63, 3.8) is 0 Å². The van der Waals surface area contributed by atoms with Gasteiger partial charge in [-0.05, 0) is 41.6 Å². The first kappa shape index (κ1) is 11.4. The maximum atomic E-state index is 12.9. The second kappa shape index (κ2) is 5.23. The zero-order valence-corrected chi connectivity index (χ0v) is 9.75. The van der Waals surface area contributed by atoms with Gasteiger partial charge in [-0.1, -0.05) is 0 Å². The van der Waals surface area contributed by atoms with E-state index >= 15 is 0 Å². The van der Waals surface area contributed by atoms with E-state index in [0.717, 1.165) is 0 Å². The zero-order chi connectivity index (χ0) is 10.6. The normalized spacial score (nSPS) is 9.93. The highest BCUT2D eigenvalue weighted by Crippen LogP contribution is 2.09. The third-order valence-corrected chi connectivity index (χ3v) is 2.30. The van der Waals surface area contributed by atoms with Gasteiger partial charge in [0.15, 0.2) is 0 Å². The van der Waals surface area contributed by atoms with Crippen molar-refractivity contribution in [1.29, 1.82) is 0 Å². The van der Waals surface area contributed by atoms with Crippen LogP contribution in [0.2, 0.25) is 0 Å². The second-order valence-electron chi connectivity index (χ2n) is 2.56. The van der Waals surface area contributed by atoms with Crippen molar-refractivity contribution in [3.8, 4) is 0 Å². The minimum absolute atomic E-state index is 0.0156. The topological polar surface area (TPSA) is 39.2 Å². The molecule has 0 aliphatic carbocycles. The molecule has 0 atom stereocenters. The lowest BCUT2D eigenvalue weighted by atomic mass is 10.3. The highest BCUT2D eigenvalue weighted by atomic mass is 127. The van der Waals surface area contributed by atoms with Gasteiger partial charge in [-0.25, -0.2) is 4.98 Å². The summed E-state index contributed by atoms with van der Waals surface area (Å²) in [6.45, 7) is 2.05. The van der Waals surface area contributed by atoms with Gasteiger partial charge in [0.1, 0.15) is 0 Å². The van der Waals surface area contributed by atoms with E-state index in [9.17, 15) is 9.18 Å². The summed E-state index contributed by atoms with van der Waals surface area (Å²) in [5.74, 6) is -0.937. The van der Waals surface area contributed by atoms with Crippen LogP contribution in [-0.4, -0.2) is 17.6 Å². The van der Waals surface area contributed by atoms with Crippen molar-refractivity contribution in [2.75, 3.05) is 6.61 Å². The molecule has 1 aromatic heterocycles. The molecule has 1 heterocycles. The highest BCUT2D eigenvalue weighted by molar-refractivity contribution is 14.1. The van der Waals surface area contributed by atoms with Gasteiger partial charge in [0.05, 0.1) is 22.3 Å². The smallest absolute Gasteiger partial charge is 0.311 e. The summed E-state index contributed by atoms with van der Waals surface area (Å²) in [7, 11) is 0. The zero-order valence-electron chi connectivity index (χ0n) is 7.59. The summed E-state index contributed by atoms with van der Waals surface area (Å²) in [4.78, 5) is 14.6. The number of aromatic nitrogens is 1. The van der Waals surface area contributed by atoms with Gasteiger partial charge in [-0.3, -0.25) is 4.79 Å². The fourth-order valence-electron chi connectivity index (χ4n) is 0.913. The standard InChI is InChI=1S/C9H9FINO2/c1-2-14-8(13)5-6-3-4-7(11)9(10)12-6/h3-4H,2,5H2,1H3. The minimum Gasteiger partial charge on any atom is -0.466 e. The first-order chi connectivity index (χ1) is 6.63. The molecule has 0 unspecified atom stereocenters. The van der Waals surface area contributed by atoms with Gasteiger partial charge >= 0.3 is 5.97 Å². The molecule has 0 N–H and O–H groups in total. The number of nitrogens with zero attached hydrogens (tertiary/aromatic N) is 1. The third-order valence-electron chi connectivity index (χ3n) is 1.49. The fourth-order valence-corrected chi connectivity index (χ4v) is 1.21. The lowest BCUT2D eigenvalue weighted by Crippen LogP contribution is -2.09. The van der Waals surface area contributed by atoms with Crippen molar-refractivity contribution in [2.24, 2.45) is 0 Å². The summed E-state index contributed by atoms with van der Waals surface area (Å²) in [6.07, 6.45) is 0.0156. The first-order valence-corrected chi connectivity index (χ1v) is 5.18. The molecule has 0 spiro atoms. The van der Waals surface area contributed by atoms with E-state index in [2.05, 4.69) is 4.98 Å². The maximum Gasteiger partial charge on any atom is 0.311 e. The van der Waals surface area contributed by atoms with Crippen LogP contribution in [0.4, 0.5) is 4.39 Å². The molecule has 1 aromatic rings. The van der Waals surface area contributed by atoms with Crippen LogP contribution < -0.4 is 0 Å². The molecule has 0 saturated heterocycles. The average molecular weight is 309 g/mol. The van der Waals surface area contributed by atoms with Gasteiger partial charge in [0, 0.05) is 0 Å². The van der Waals surface area contributed by atoms with Crippen molar-refractivity contribution in [1.82, 2.24) is 4.98 Å². The Hall–Kier alpha value is -0.720. The Morgan fingerprint density at radius 2 is 2.36 bits per heavy atom. The van der Waals surface area contributed by atoms with Crippen molar-refractivity contribution >= 4 is 28.6 Å². The molecule has 0 bridgehead atoms. The number of carbonyl (C=O) groups excluding carboxylic acids is 1. The van der Waals surface area contributed by atoms with Crippen molar-refractivity contribution in [2.45, 2.75) is 13.3 Å². The average Bonchev–Trinajstić information content (AvgIpc) is 2.12. The molecular formula is C9H9FINO2.